The molecular weight excluding hydrogens is 285 g/mol. The first-order valence-corrected chi connectivity index (χ1v) is 7.26. The molecule has 1 aromatic rings. The molecule has 19 heavy (non-hydrogen) atoms. The average Bonchev–Trinajstić information content (AvgIpc) is 2.38. The summed E-state index contributed by atoms with van der Waals surface area (Å²) >= 11 is 12.0. The van der Waals surface area contributed by atoms with E-state index in [0.29, 0.717) is 28.2 Å². The summed E-state index contributed by atoms with van der Waals surface area (Å²) in [5.41, 5.74) is 0. The molecule has 0 unspecified atom stereocenters. The van der Waals surface area contributed by atoms with Gasteiger partial charge in [0.1, 0.15) is 0 Å². The monoisotopic (exact) mass is 305 g/mol. The molecule has 0 aliphatic carbocycles. The summed E-state index contributed by atoms with van der Waals surface area (Å²) in [6, 6.07) is 3.37. The molecule has 108 valence electrons. The van der Waals surface area contributed by atoms with Gasteiger partial charge in [-0.25, -0.2) is 0 Å². The smallest absolute Gasteiger partial charge is 0.179 e. The van der Waals surface area contributed by atoms with Gasteiger partial charge in [0.2, 0.25) is 0 Å². The van der Waals surface area contributed by atoms with Gasteiger partial charge in [0.25, 0.3) is 0 Å². The van der Waals surface area contributed by atoms with Gasteiger partial charge in [-0.3, -0.25) is 0 Å². The van der Waals surface area contributed by atoms with Crippen molar-refractivity contribution in [3.63, 3.8) is 0 Å². The van der Waals surface area contributed by atoms with Crippen molar-refractivity contribution in [1.82, 2.24) is 4.90 Å². The van der Waals surface area contributed by atoms with Crippen molar-refractivity contribution in [2.45, 2.75) is 20.3 Å². The van der Waals surface area contributed by atoms with Crippen LogP contribution in [0.1, 0.15) is 20.3 Å². The van der Waals surface area contributed by atoms with Crippen LogP contribution in [0.25, 0.3) is 0 Å². The van der Waals surface area contributed by atoms with Crippen LogP contribution in [0.15, 0.2) is 12.1 Å². The van der Waals surface area contributed by atoms with E-state index in [0.717, 1.165) is 26.1 Å². The topological polar surface area (TPSA) is 21.7 Å². The second kappa shape index (κ2) is 8.51. The minimum atomic E-state index is 0.466. The Morgan fingerprint density at radius 2 is 1.84 bits per heavy atom. The Labute approximate surface area is 125 Å². The molecule has 0 spiro atoms. The van der Waals surface area contributed by atoms with Crippen LogP contribution in [-0.4, -0.2) is 38.3 Å². The molecule has 0 radical (unpaired) electrons. The number of benzene rings is 1. The molecule has 0 aliphatic rings. The standard InChI is InChI=1S/C14H21Cl2NO2/c1-4-17(5-2)7-6-8-19-13-10-11(15)9-12(16)14(13)18-3/h9-10H,4-8H2,1-3H3. The Kier molecular flexibility index (Phi) is 7.36. The molecule has 1 aromatic carbocycles. The lowest BCUT2D eigenvalue weighted by Gasteiger charge is -2.18. The number of nitrogens with zero attached hydrogens (tertiary/aromatic N) is 1. The normalized spacial score (nSPS) is 10.8. The van der Waals surface area contributed by atoms with Crippen LogP contribution in [-0.2, 0) is 0 Å². The molecule has 0 aliphatic heterocycles. The van der Waals surface area contributed by atoms with E-state index in [1.807, 2.05) is 0 Å². The molecule has 5 heteroatoms. The summed E-state index contributed by atoms with van der Waals surface area (Å²) in [6.45, 7) is 8.06. The van der Waals surface area contributed by atoms with E-state index in [4.69, 9.17) is 32.7 Å². The summed E-state index contributed by atoms with van der Waals surface area (Å²) < 4.78 is 10.9. The maximum Gasteiger partial charge on any atom is 0.179 e. The number of methoxy groups -OCH3 is 1. The minimum Gasteiger partial charge on any atom is -0.491 e. The molecule has 0 heterocycles. The van der Waals surface area contributed by atoms with Crippen molar-refractivity contribution >= 4 is 23.2 Å². The van der Waals surface area contributed by atoms with Crippen LogP contribution < -0.4 is 9.47 Å². The van der Waals surface area contributed by atoms with Gasteiger partial charge in [-0.2, -0.15) is 0 Å². The van der Waals surface area contributed by atoms with E-state index in [9.17, 15) is 0 Å². The highest BCUT2D eigenvalue weighted by atomic mass is 35.5. The highest BCUT2D eigenvalue weighted by Crippen LogP contribution is 2.37. The number of hydrogen-bond acceptors (Lipinski definition) is 3. The summed E-state index contributed by atoms with van der Waals surface area (Å²) in [4.78, 5) is 2.35. The molecule has 0 saturated heterocycles. The van der Waals surface area contributed by atoms with E-state index in [-0.39, 0.29) is 0 Å². The lowest BCUT2D eigenvalue weighted by molar-refractivity contribution is 0.242. The molecule has 0 atom stereocenters. The van der Waals surface area contributed by atoms with Crippen molar-refractivity contribution in [2.75, 3.05) is 33.4 Å². The number of ether oxygens (including phenoxy) is 2. The Morgan fingerprint density at radius 3 is 2.42 bits per heavy atom. The SMILES string of the molecule is CCN(CC)CCCOc1cc(Cl)cc(Cl)c1OC. The van der Waals surface area contributed by atoms with Crippen LogP contribution in [0, 0.1) is 0 Å². The second-order valence-electron chi connectivity index (χ2n) is 4.15. The molecule has 0 N–H and O–H groups in total. The van der Waals surface area contributed by atoms with Crippen LogP contribution in [0.4, 0.5) is 0 Å². The number of hydrogen-bond donors (Lipinski definition) is 0. The highest BCUT2D eigenvalue weighted by Gasteiger charge is 2.11. The van der Waals surface area contributed by atoms with Gasteiger partial charge in [-0.15, -0.1) is 0 Å². The summed E-state index contributed by atoms with van der Waals surface area (Å²) in [6.07, 6.45) is 0.953. The molecule has 0 saturated carbocycles. The highest BCUT2D eigenvalue weighted by molar-refractivity contribution is 6.35. The van der Waals surface area contributed by atoms with Crippen LogP contribution in [0.3, 0.4) is 0 Å². The zero-order valence-corrected chi connectivity index (χ0v) is 13.2. The number of halogens is 2. The summed E-state index contributed by atoms with van der Waals surface area (Å²) in [7, 11) is 1.57. The summed E-state index contributed by atoms with van der Waals surface area (Å²) in [5, 5.41) is 1.01. The van der Waals surface area contributed by atoms with Crippen molar-refractivity contribution in [1.29, 1.82) is 0 Å². The van der Waals surface area contributed by atoms with E-state index < -0.39 is 0 Å². The molecule has 3 nitrogen and oxygen atoms in total. The Balaban J connectivity index is 2.53. The Hall–Kier alpha value is -0.640. The second-order valence-corrected chi connectivity index (χ2v) is 4.99. The largest absolute Gasteiger partial charge is 0.491 e. The van der Waals surface area contributed by atoms with Crippen molar-refractivity contribution < 1.29 is 9.47 Å². The third kappa shape index (κ3) is 5.09. The van der Waals surface area contributed by atoms with Crippen LogP contribution in [0.5, 0.6) is 11.5 Å². The third-order valence-corrected chi connectivity index (χ3v) is 3.45. The molecule has 0 aromatic heterocycles. The fraction of sp³-hybridized carbons (Fsp3) is 0.571. The van der Waals surface area contributed by atoms with E-state index in [1.54, 1.807) is 19.2 Å². The average molecular weight is 306 g/mol. The molecule has 1 rings (SSSR count). The van der Waals surface area contributed by atoms with Gasteiger partial charge in [-0.05, 0) is 25.6 Å². The fourth-order valence-corrected chi connectivity index (χ4v) is 2.40. The van der Waals surface area contributed by atoms with Gasteiger partial charge in [0, 0.05) is 17.6 Å². The van der Waals surface area contributed by atoms with Crippen LogP contribution in [0.2, 0.25) is 10.0 Å². The quantitative estimate of drug-likeness (QED) is 0.675. The summed E-state index contributed by atoms with van der Waals surface area (Å²) in [5.74, 6) is 1.13. The first kappa shape index (κ1) is 16.4. The maximum absolute atomic E-state index is 6.05. The van der Waals surface area contributed by atoms with E-state index >= 15 is 0 Å². The van der Waals surface area contributed by atoms with E-state index in [1.165, 1.54) is 0 Å². The molecule has 0 bridgehead atoms. The Morgan fingerprint density at radius 1 is 1.16 bits per heavy atom. The van der Waals surface area contributed by atoms with E-state index in [2.05, 4.69) is 18.7 Å². The predicted molar refractivity (Wildman–Crippen MR) is 80.9 cm³/mol. The third-order valence-electron chi connectivity index (χ3n) is 2.95. The molecular formula is C14H21Cl2NO2. The van der Waals surface area contributed by atoms with Gasteiger partial charge >= 0.3 is 0 Å². The van der Waals surface area contributed by atoms with Gasteiger partial charge < -0.3 is 14.4 Å². The van der Waals surface area contributed by atoms with Crippen molar-refractivity contribution in [2.24, 2.45) is 0 Å². The van der Waals surface area contributed by atoms with Gasteiger partial charge in [0.15, 0.2) is 11.5 Å². The predicted octanol–water partition coefficient (Wildman–Crippen LogP) is 4.11. The first-order valence-electron chi connectivity index (χ1n) is 6.50. The number of rotatable bonds is 8. The van der Waals surface area contributed by atoms with Crippen molar-refractivity contribution in [3.05, 3.63) is 22.2 Å². The molecule has 0 fully saturated rings. The fourth-order valence-electron chi connectivity index (χ4n) is 1.85. The minimum absolute atomic E-state index is 0.466. The van der Waals surface area contributed by atoms with Gasteiger partial charge in [-0.1, -0.05) is 37.0 Å². The maximum atomic E-state index is 6.05. The first-order chi connectivity index (χ1) is 9.12. The molecule has 0 amide bonds. The van der Waals surface area contributed by atoms with Crippen molar-refractivity contribution in [3.8, 4) is 11.5 Å². The van der Waals surface area contributed by atoms with Crippen LogP contribution >= 0.6 is 23.2 Å². The lowest BCUT2D eigenvalue weighted by Crippen LogP contribution is -2.25. The van der Waals surface area contributed by atoms with Gasteiger partial charge in [0.05, 0.1) is 18.7 Å². The zero-order chi connectivity index (χ0) is 14.3. The zero-order valence-electron chi connectivity index (χ0n) is 11.7. The Bertz CT molecular complexity index is 395. The lowest BCUT2D eigenvalue weighted by atomic mass is 10.3.